The van der Waals surface area contributed by atoms with Crippen LogP contribution in [0.25, 0.3) is 11.4 Å². The molecule has 0 radical (unpaired) electrons. The molecule has 0 amide bonds. The summed E-state index contributed by atoms with van der Waals surface area (Å²) in [6.45, 7) is 2.13. The Hall–Kier alpha value is -2.10. The van der Waals surface area contributed by atoms with Crippen LogP contribution in [0.15, 0.2) is 24.3 Å². The number of hydrogen-bond acceptors (Lipinski definition) is 2. The van der Waals surface area contributed by atoms with Crippen LogP contribution in [-0.2, 0) is 24.7 Å². The summed E-state index contributed by atoms with van der Waals surface area (Å²) >= 11 is 0. The molecule has 0 spiro atoms. The SMILES string of the molecule is CCc1ccc(-c2nc3c(n2C)CCCC3C(=O)O)cc1. The number of hydrogen-bond donors (Lipinski definition) is 1. The number of aromatic nitrogens is 2. The molecule has 4 heteroatoms. The second-order valence-corrected chi connectivity index (χ2v) is 5.66. The van der Waals surface area contributed by atoms with Gasteiger partial charge in [0, 0.05) is 18.3 Å². The Balaban J connectivity index is 2.06. The lowest BCUT2D eigenvalue weighted by Gasteiger charge is -2.18. The first kappa shape index (κ1) is 13.9. The van der Waals surface area contributed by atoms with Gasteiger partial charge in [-0.1, -0.05) is 31.2 Å². The number of aryl methyl sites for hydroxylation is 1. The number of fused-ring (bicyclic) bond motifs is 1. The molecule has 1 unspecified atom stereocenters. The summed E-state index contributed by atoms with van der Waals surface area (Å²) in [5.74, 6) is -0.346. The van der Waals surface area contributed by atoms with E-state index in [4.69, 9.17) is 0 Å². The summed E-state index contributed by atoms with van der Waals surface area (Å²) in [5, 5.41) is 9.37. The van der Waals surface area contributed by atoms with Gasteiger partial charge >= 0.3 is 5.97 Å². The second-order valence-electron chi connectivity index (χ2n) is 5.66. The molecule has 0 bridgehead atoms. The standard InChI is InChI=1S/C17H20N2O2/c1-3-11-7-9-12(10-8-11)16-18-15-13(17(20)21)5-4-6-14(15)19(16)2/h7-10,13H,3-6H2,1-2H3,(H,20,21). The Labute approximate surface area is 124 Å². The average molecular weight is 284 g/mol. The van der Waals surface area contributed by atoms with Gasteiger partial charge in [-0.2, -0.15) is 0 Å². The van der Waals surface area contributed by atoms with Crippen molar-refractivity contribution in [3.05, 3.63) is 41.2 Å². The predicted molar refractivity (Wildman–Crippen MR) is 81.3 cm³/mol. The minimum atomic E-state index is -0.762. The highest BCUT2D eigenvalue weighted by molar-refractivity contribution is 5.76. The van der Waals surface area contributed by atoms with Gasteiger partial charge in [0.1, 0.15) is 11.7 Å². The summed E-state index contributed by atoms with van der Waals surface area (Å²) in [6, 6.07) is 8.36. The van der Waals surface area contributed by atoms with Gasteiger partial charge in [-0.15, -0.1) is 0 Å². The third kappa shape index (κ3) is 2.35. The van der Waals surface area contributed by atoms with Crippen LogP contribution in [0, 0.1) is 0 Å². The third-order valence-electron chi connectivity index (χ3n) is 4.40. The molecule has 1 aliphatic rings. The van der Waals surface area contributed by atoms with Crippen molar-refractivity contribution in [2.75, 3.05) is 0 Å². The lowest BCUT2D eigenvalue weighted by Crippen LogP contribution is -2.18. The number of carboxylic acid groups (broad SMARTS) is 1. The van der Waals surface area contributed by atoms with Gasteiger partial charge in [0.15, 0.2) is 0 Å². The number of aliphatic carboxylic acids is 1. The third-order valence-corrected chi connectivity index (χ3v) is 4.40. The van der Waals surface area contributed by atoms with Crippen molar-refractivity contribution in [3.63, 3.8) is 0 Å². The van der Waals surface area contributed by atoms with Gasteiger partial charge in [0.05, 0.1) is 5.69 Å². The highest BCUT2D eigenvalue weighted by Crippen LogP contribution is 2.34. The molecular formula is C17H20N2O2. The van der Waals surface area contributed by atoms with Gasteiger partial charge in [0.2, 0.25) is 0 Å². The number of carboxylic acids is 1. The number of benzene rings is 1. The minimum Gasteiger partial charge on any atom is -0.481 e. The summed E-state index contributed by atoms with van der Waals surface area (Å²) < 4.78 is 2.06. The van der Waals surface area contributed by atoms with E-state index in [1.807, 2.05) is 7.05 Å². The fourth-order valence-corrected chi connectivity index (χ4v) is 3.13. The smallest absolute Gasteiger partial charge is 0.312 e. The van der Waals surface area contributed by atoms with Crippen molar-refractivity contribution in [2.45, 2.75) is 38.5 Å². The first-order valence-electron chi connectivity index (χ1n) is 7.49. The molecule has 2 aromatic rings. The first-order valence-corrected chi connectivity index (χ1v) is 7.49. The van der Waals surface area contributed by atoms with E-state index in [-0.39, 0.29) is 0 Å². The Bertz CT molecular complexity index is 671. The Morgan fingerprint density at radius 1 is 1.38 bits per heavy atom. The molecule has 0 aliphatic heterocycles. The molecule has 0 saturated carbocycles. The molecule has 21 heavy (non-hydrogen) atoms. The van der Waals surface area contributed by atoms with Crippen LogP contribution in [-0.4, -0.2) is 20.6 Å². The number of rotatable bonds is 3. The lowest BCUT2D eigenvalue weighted by atomic mass is 9.90. The molecule has 1 aliphatic carbocycles. The quantitative estimate of drug-likeness (QED) is 0.942. The van der Waals surface area contributed by atoms with Gasteiger partial charge in [-0.05, 0) is 31.2 Å². The van der Waals surface area contributed by atoms with Crippen LogP contribution in [0.5, 0.6) is 0 Å². The normalized spacial score (nSPS) is 17.5. The molecular weight excluding hydrogens is 264 g/mol. The monoisotopic (exact) mass is 284 g/mol. The maximum Gasteiger partial charge on any atom is 0.312 e. The maximum absolute atomic E-state index is 11.4. The zero-order valence-electron chi connectivity index (χ0n) is 12.5. The molecule has 0 saturated heterocycles. The van der Waals surface area contributed by atoms with Crippen molar-refractivity contribution in [2.24, 2.45) is 7.05 Å². The number of imidazole rings is 1. The average Bonchev–Trinajstić information content (AvgIpc) is 2.84. The molecule has 1 aromatic heterocycles. The van der Waals surface area contributed by atoms with E-state index in [2.05, 4.69) is 40.7 Å². The van der Waals surface area contributed by atoms with E-state index in [9.17, 15) is 9.90 Å². The fraction of sp³-hybridized carbons (Fsp3) is 0.412. The van der Waals surface area contributed by atoms with Gasteiger partial charge in [0.25, 0.3) is 0 Å². The van der Waals surface area contributed by atoms with Crippen molar-refractivity contribution in [1.29, 1.82) is 0 Å². The van der Waals surface area contributed by atoms with E-state index in [1.165, 1.54) is 5.56 Å². The fourth-order valence-electron chi connectivity index (χ4n) is 3.13. The zero-order chi connectivity index (χ0) is 15.0. The highest BCUT2D eigenvalue weighted by Gasteiger charge is 2.31. The number of nitrogens with zero attached hydrogens (tertiary/aromatic N) is 2. The molecule has 110 valence electrons. The molecule has 4 nitrogen and oxygen atoms in total. The lowest BCUT2D eigenvalue weighted by molar-refractivity contribution is -0.139. The summed E-state index contributed by atoms with van der Waals surface area (Å²) in [5.41, 5.74) is 4.17. The summed E-state index contributed by atoms with van der Waals surface area (Å²) in [4.78, 5) is 16.1. The second kappa shape index (κ2) is 5.35. The molecule has 1 N–H and O–H groups in total. The van der Waals surface area contributed by atoms with Crippen molar-refractivity contribution < 1.29 is 9.90 Å². The van der Waals surface area contributed by atoms with Crippen molar-refractivity contribution >= 4 is 5.97 Å². The van der Waals surface area contributed by atoms with Crippen LogP contribution in [0.1, 0.15) is 42.6 Å². The van der Waals surface area contributed by atoms with E-state index < -0.39 is 11.9 Å². The molecule has 1 heterocycles. The van der Waals surface area contributed by atoms with Crippen molar-refractivity contribution in [1.82, 2.24) is 9.55 Å². The molecule has 0 fully saturated rings. The first-order chi connectivity index (χ1) is 10.1. The van der Waals surface area contributed by atoms with Crippen LogP contribution in [0.2, 0.25) is 0 Å². The Morgan fingerprint density at radius 2 is 2.10 bits per heavy atom. The van der Waals surface area contributed by atoms with Crippen LogP contribution in [0.4, 0.5) is 0 Å². The van der Waals surface area contributed by atoms with E-state index in [1.54, 1.807) is 0 Å². The van der Waals surface area contributed by atoms with Crippen LogP contribution < -0.4 is 0 Å². The minimum absolute atomic E-state index is 0.455. The maximum atomic E-state index is 11.4. The molecule has 1 atom stereocenters. The highest BCUT2D eigenvalue weighted by atomic mass is 16.4. The van der Waals surface area contributed by atoms with Gasteiger partial charge < -0.3 is 9.67 Å². The van der Waals surface area contributed by atoms with Crippen LogP contribution in [0.3, 0.4) is 0 Å². The van der Waals surface area contributed by atoms with Crippen molar-refractivity contribution in [3.8, 4) is 11.4 Å². The van der Waals surface area contributed by atoms with E-state index in [0.717, 1.165) is 42.0 Å². The Morgan fingerprint density at radius 3 is 2.71 bits per heavy atom. The summed E-state index contributed by atoms with van der Waals surface area (Å²) in [6.07, 6.45) is 3.53. The Kier molecular flexibility index (Phi) is 3.53. The largest absolute Gasteiger partial charge is 0.481 e. The number of carbonyl (C=O) groups is 1. The zero-order valence-corrected chi connectivity index (χ0v) is 12.5. The molecule has 3 rings (SSSR count). The molecule has 1 aromatic carbocycles. The predicted octanol–water partition coefficient (Wildman–Crippen LogP) is 3.15. The van der Waals surface area contributed by atoms with Gasteiger partial charge in [-0.25, -0.2) is 4.98 Å². The summed E-state index contributed by atoms with van der Waals surface area (Å²) in [7, 11) is 1.99. The van der Waals surface area contributed by atoms with Crippen LogP contribution >= 0.6 is 0 Å². The van der Waals surface area contributed by atoms with E-state index in [0.29, 0.717) is 6.42 Å². The topological polar surface area (TPSA) is 55.1 Å². The van der Waals surface area contributed by atoms with Gasteiger partial charge in [-0.3, -0.25) is 4.79 Å². The van der Waals surface area contributed by atoms with E-state index >= 15 is 0 Å².